The molecule has 35 heavy (non-hydrogen) atoms. The number of para-hydroxylation sites is 2. The van der Waals surface area contributed by atoms with E-state index in [1.54, 1.807) is 36.5 Å². The first-order valence-electron chi connectivity index (χ1n) is 10.3. The van der Waals surface area contributed by atoms with Gasteiger partial charge in [-0.25, -0.2) is 9.78 Å². The molecule has 0 atom stereocenters. The molecule has 0 aliphatic heterocycles. The number of carbonyl (C=O) groups is 1. The second kappa shape index (κ2) is 9.77. The number of hydrogen-bond acceptors (Lipinski definition) is 6. The van der Waals surface area contributed by atoms with E-state index in [4.69, 9.17) is 14.3 Å². The van der Waals surface area contributed by atoms with Gasteiger partial charge in [0.15, 0.2) is 12.4 Å². The van der Waals surface area contributed by atoms with Crippen molar-refractivity contribution < 1.29 is 19.1 Å². The molecule has 0 aliphatic rings. The van der Waals surface area contributed by atoms with Crippen LogP contribution in [0.2, 0.25) is 0 Å². The van der Waals surface area contributed by atoms with Gasteiger partial charge in [0.05, 0.1) is 24.3 Å². The number of ether oxygens (including phenoxy) is 1. The van der Waals surface area contributed by atoms with E-state index in [1.165, 1.54) is 4.68 Å². The molecule has 3 aromatic carbocycles. The van der Waals surface area contributed by atoms with Gasteiger partial charge in [-0.15, -0.1) is 0 Å². The zero-order valence-corrected chi connectivity index (χ0v) is 22.1. The van der Waals surface area contributed by atoms with Crippen LogP contribution in [0.25, 0.3) is 33.5 Å². The molecule has 0 radical (unpaired) electrons. The van der Waals surface area contributed by atoms with Gasteiger partial charge >= 0.3 is 5.97 Å². The highest BCUT2D eigenvalue weighted by Gasteiger charge is 2.16. The first kappa shape index (κ1) is 23.5. The van der Waals surface area contributed by atoms with Crippen molar-refractivity contribution >= 4 is 79.2 Å². The van der Waals surface area contributed by atoms with Gasteiger partial charge in [0, 0.05) is 5.39 Å². The van der Waals surface area contributed by atoms with Gasteiger partial charge in [0.1, 0.15) is 11.3 Å². The van der Waals surface area contributed by atoms with E-state index in [0.717, 1.165) is 12.5 Å². The van der Waals surface area contributed by atoms with Gasteiger partial charge in [-0.3, -0.25) is 4.79 Å². The number of benzene rings is 3. The zero-order valence-electron chi connectivity index (χ0n) is 17.8. The van der Waals surface area contributed by atoms with Crippen molar-refractivity contribution in [2.24, 2.45) is 5.10 Å². The number of carboxylic acids is 1. The summed E-state index contributed by atoms with van der Waals surface area (Å²) in [7, 11) is 0. The lowest BCUT2D eigenvalue weighted by atomic mass is 10.2. The van der Waals surface area contributed by atoms with Gasteiger partial charge in [-0.2, -0.15) is 9.78 Å². The fraction of sp³-hybridized carbons (Fsp3) is 0.0400. The van der Waals surface area contributed by atoms with Crippen molar-refractivity contribution in [3.63, 3.8) is 0 Å². The maximum atomic E-state index is 13.4. The summed E-state index contributed by atoms with van der Waals surface area (Å²) in [4.78, 5) is 28.9. The molecule has 5 rings (SSSR count). The average Bonchev–Trinajstić information content (AvgIpc) is 3.27. The van der Waals surface area contributed by atoms with E-state index in [0.29, 0.717) is 33.6 Å². The molecule has 0 fully saturated rings. The first-order valence-corrected chi connectivity index (χ1v) is 12.4. The lowest BCUT2D eigenvalue weighted by molar-refractivity contribution is -0.139. The van der Waals surface area contributed by atoms with Crippen molar-refractivity contribution in [1.82, 2.24) is 9.66 Å². The van der Waals surface area contributed by atoms with Crippen LogP contribution >= 0.6 is 45.2 Å². The predicted octanol–water partition coefficient (Wildman–Crippen LogP) is 5.36. The highest BCUT2D eigenvalue weighted by molar-refractivity contribution is 14.1. The Morgan fingerprint density at radius 3 is 2.54 bits per heavy atom. The number of halogens is 2. The van der Waals surface area contributed by atoms with Crippen LogP contribution < -0.4 is 10.3 Å². The van der Waals surface area contributed by atoms with Crippen molar-refractivity contribution in [2.75, 3.05) is 6.61 Å². The standard InChI is InChI=1S/C25H15I2N3O5/c26-17-9-14(10-18(27)23(17)34-13-22(31)32)12-28-30-24(21-11-15-5-1-4-8-20(15)35-21)29-19-7-3-2-6-16(19)25(30)33/h1-12H,13H2,(H,31,32). The molecule has 0 amide bonds. The van der Waals surface area contributed by atoms with E-state index in [1.807, 2.05) is 36.4 Å². The van der Waals surface area contributed by atoms with Gasteiger partial charge in [0.2, 0.25) is 5.82 Å². The number of furan rings is 1. The molecule has 2 heterocycles. The van der Waals surface area contributed by atoms with Crippen molar-refractivity contribution in [2.45, 2.75) is 0 Å². The maximum absolute atomic E-state index is 13.4. The van der Waals surface area contributed by atoms with Gasteiger partial charge in [-0.1, -0.05) is 30.3 Å². The number of rotatable bonds is 6. The Morgan fingerprint density at radius 1 is 1.09 bits per heavy atom. The van der Waals surface area contributed by atoms with Crippen LogP contribution in [0.1, 0.15) is 5.56 Å². The minimum absolute atomic E-state index is 0.284. The van der Waals surface area contributed by atoms with Crippen molar-refractivity contribution in [1.29, 1.82) is 0 Å². The Hall–Kier alpha value is -3.26. The molecular weight excluding hydrogens is 676 g/mol. The third-order valence-electron chi connectivity index (χ3n) is 5.08. The lowest BCUT2D eigenvalue weighted by Gasteiger charge is -2.10. The Labute approximate surface area is 225 Å². The van der Waals surface area contributed by atoms with Crippen molar-refractivity contribution in [3.05, 3.63) is 89.8 Å². The van der Waals surface area contributed by atoms with E-state index in [9.17, 15) is 9.59 Å². The minimum atomic E-state index is -1.05. The molecule has 0 saturated heterocycles. The molecule has 8 nitrogen and oxygen atoms in total. The Bertz CT molecular complexity index is 1630. The topological polar surface area (TPSA) is 107 Å². The average molecular weight is 691 g/mol. The third-order valence-corrected chi connectivity index (χ3v) is 6.69. The molecule has 2 aromatic heterocycles. The molecule has 5 aromatic rings. The second-order valence-corrected chi connectivity index (χ2v) is 9.78. The first-order chi connectivity index (χ1) is 16.9. The number of aromatic nitrogens is 2. The van der Waals surface area contributed by atoms with Crippen LogP contribution in [-0.2, 0) is 4.79 Å². The third kappa shape index (κ3) is 4.80. The van der Waals surface area contributed by atoms with E-state index < -0.39 is 12.6 Å². The minimum Gasteiger partial charge on any atom is -0.480 e. The van der Waals surface area contributed by atoms with Gasteiger partial charge < -0.3 is 14.3 Å². The highest BCUT2D eigenvalue weighted by Crippen LogP contribution is 2.29. The second-order valence-electron chi connectivity index (χ2n) is 7.46. The monoisotopic (exact) mass is 691 g/mol. The fourth-order valence-electron chi connectivity index (χ4n) is 3.53. The smallest absolute Gasteiger partial charge is 0.341 e. The van der Waals surface area contributed by atoms with Gasteiger partial charge in [0.25, 0.3) is 5.56 Å². The number of fused-ring (bicyclic) bond motifs is 2. The summed E-state index contributed by atoms with van der Waals surface area (Å²) in [6.07, 6.45) is 1.55. The van der Waals surface area contributed by atoms with E-state index in [2.05, 4.69) is 55.3 Å². The quantitative estimate of drug-likeness (QED) is 0.190. The van der Waals surface area contributed by atoms with E-state index >= 15 is 0 Å². The van der Waals surface area contributed by atoms with Gasteiger partial charge in [-0.05, 0) is 87.1 Å². The summed E-state index contributed by atoms with van der Waals surface area (Å²) in [6.45, 7) is -0.432. The molecule has 0 saturated carbocycles. The number of nitrogens with zero attached hydrogens (tertiary/aromatic N) is 3. The maximum Gasteiger partial charge on any atom is 0.341 e. The molecular formula is C25H15I2N3O5. The normalized spacial score (nSPS) is 11.5. The summed E-state index contributed by atoms with van der Waals surface area (Å²) in [5.41, 5.74) is 1.61. The van der Waals surface area contributed by atoms with E-state index in [-0.39, 0.29) is 11.4 Å². The Kier molecular flexibility index (Phi) is 6.56. The summed E-state index contributed by atoms with van der Waals surface area (Å²) in [6, 6.07) is 20.1. The summed E-state index contributed by atoms with van der Waals surface area (Å²) in [5.74, 6) is 0.140. The predicted molar refractivity (Wildman–Crippen MR) is 149 cm³/mol. The lowest BCUT2D eigenvalue weighted by Crippen LogP contribution is -2.20. The molecule has 1 N–H and O–H groups in total. The molecule has 174 valence electrons. The van der Waals surface area contributed by atoms with Crippen LogP contribution in [-0.4, -0.2) is 33.6 Å². The molecule has 0 bridgehead atoms. The molecule has 0 unspecified atom stereocenters. The van der Waals surface area contributed by atoms with Crippen LogP contribution in [0.4, 0.5) is 0 Å². The van der Waals surface area contributed by atoms with Crippen LogP contribution in [0.3, 0.4) is 0 Å². The number of aliphatic carboxylic acids is 1. The van der Waals surface area contributed by atoms with Crippen LogP contribution in [0.15, 0.2) is 81.0 Å². The summed E-state index contributed by atoms with van der Waals surface area (Å²) >= 11 is 4.15. The highest BCUT2D eigenvalue weighted by atomic mass is 127. The van der Waals surface area contributed by atoms with Crippen LogP contribution in [0, 0.1) is 7.14 Å². The van der Waals surface area contributed by atoms with Crippen molar-refractivity contribution in [3.8, 4) is 17.3 Å². The summed E-state index contributed by atoms with van der Waals surface area (Å²) < 4.78 is 14.0. The SMILES string of the molecule is O=C(O)COc1c(I)cc(C=Nn2c(-c3cc4ccccc4o3)nc3ccccc3c2=O)cc1I. The zero-order chi connectivity index (χ0) is 24.5. The Morgan fingerprint density at radius 2 is 1.80 bits per heavy atom. The largest absolute Gasteiger partial charge is 0.480 e. The fourth-order valence-corrected chi connectivity index (χ4v) is 5.66. The number of carboxylic acid groups (broad SMARTS) is 1. The molecule has 10 heteroatoms. The molecule has 0 aliphatic carbocycles. The molecule has 0 spiro atoms. The number of hydrogen-bond donors (Lipinski definition) is 1. The summed E-state index contributed by atoms with van der Waals surface area (Å²) in [5, 5.41) is 14.7. The Balaban J connectivity index is 1.62. The van der Waals surface area contributed by atoms with Crippen LogP contribution in [0.5, 0.6) is 5.75 Å².